The number of aliphatic hydroxyl groups is 1. The van der Waals surface area contributed by atoms with Crippen LogP contribution >= 0.6 is 0 Å². The van der Waals surface area contributed by atoms with Gasteiger partial charge in [-0.2, -0.15) is 0 Å². The minimum atomic E-state index is -1.97. The van der Waals surface area contributed by atoms with Gasteiger partial charge in [0.05, 0.1) is 18.2 Å². The smallest absolute Gasteiger partial charge is 0.246 e. The number of carbonyl (C=O) groups is 1. The molecule has 0 spiro atoms. The number of ether oxygens (including phenoxy) is 1. The van der Waals surface area contributed by atoms with E-state index in [4.69, 9.17) is 9.94 Å². The van der Waals surface area contributed by atoms with Crippen LogP contribution in [0.3, 0.4) is 0 Å². The minimum absolute atomic E-state index is 0.0182. The third kappa shape index (κ3) is 2.98. The molecule has 0 fully saturated rings. The predicted octanol–water partition coefficient (Wildman–Crippen LogP) is 2.18. The summed E-state index contributed by atoms with van der Waals surface area (Å²) in [6.45, 7) is 2.01. The maximum Gasteiger partial charge on any atom is 0.246 e. The second kappa shape index (κ2) is 6.70. The van der Waals surface area contributed by atoms with Crippen molar-refractivity contribution in [1.29, 1.82) is 0 Å². The number of phenolic OH excluding ortho intramolecular Hbond substituents is 2. The molecule has 0 radical (unpaired) electrons. The van der Waals surface area contributed by atoms with Crippen molar-refractivity contribution in [2.24, 2.45) is 0 Å². The molecule has 0 aromatic heterocycles. The summed E-state index contributed by atoms with van der Waals surface area (Å²) in [7, 11) is 0. The number of hydrogen-bond donors (Lipinski definition) is 5. The molecule has 1 heterocycles. The third-order valence-corrected chi connectivity index (χ3v) is 4.44. The van der Waals surface area contributed by atoms with E-state index in [9.17, 15) is 20.1 Å². The first-order valence-electron chi connectivity index (χ1n) is 8.07. The van der Waals surface area contributed by atoms with Crippen molar-refractivity contribution < 1.29 is 30.1 Å². The van der Waals surface area contributed by atoms with Gasteiger partial charge in [-0.05, 0) is 17.5 Å². The Balaban J connectivity index is 2.16. The van der Waals surface area contributed by atoms with Crippen LogP contribution in [0.25, 0.3) is 5.57 Å². The molecule has 7 nitrogen and oxygen atoms in total. The first-order valence-corrected chi connectivity index (χ1v) is 8.07. The summed E-state index contributed by atoms with van der Waals surface area (Å²) in [6.07, 6.45) is 1.56. The van der Waals surface area contributed by atoms with E-state index in [1.807, 2.05) is 19.1 Å². The summed E-state index contributed by atoms with van der Waals surface area (Å²) in [5.74, 6) is -1.50. The van der Waals surface area contributed by atoms with Gasteiger partial charge in [-0.15, -0.1) is 0 Å². The van der Waals surface area contributed by atoms with Crippen molar-refractivity contribution in [3.8, 4) is 17.2 Å². The molecule has 1 aliphatic heterocycles. The van der Waals surface area contributed by atoms with Crippen LogP contribution < -0.4 is 10.2 Å². The van der Waals surface area contributed by atoms with Crippen molar-refractivity contribution in [3.05, 3.63) is 59.4 Å². The summed E-state index contributed by atoms with van der Waals surface area (Å²) in [5.41, 5.74) is 1.40. The van der Waals surface area contributed by atoms with Crippen LogP contribution in [0.5, 0.6) is 17.2 Å². The lowest BCUT2D eigenvalue weighted by molar-refractivity contribution is -0.133. The summed E-state index contributed by atoms with van der Waals surface area (Å²) in [4.78, 5) is 11.8. The fourth-order valence-corrected chi connectivity index (χ4v) is 3.13. The highest BCUT2D eigenvalue weighted by atomic mass is 16.5. The van der Waals surface area contributed by atoms with Crippen molar-refractivity contribution >= 4 is 11.5 Å². The minimum Gasteiger partial charge on any atom is -0.508 e. The molecule has 2 aromatic rings. The van der Waals surface area contributed by atoms with E-state index in [2.05, 4.69) is 0 Å². The molecule has 136 valence electrons. The molecule has 0 saturated carbocycles. The number of fused-ring (bicyclic) bond motifs is 1. The lowest BCUT2D eigenvalue weighted by Crippen LogP contribution is -2.37. The van der Waals surface area contributed by atoms with E-state index in [0.29, 0.717) is 5.56 Å². The van der Waals surface area contributed by atoms with Gasteiger partial charge in [0.1, 0.15) is 22.8 Å². The van der Waals surface area contributed by atoms with Gasteiger partial charge in [0, 0.05) is 17.7 Å². The van der Waals surface area contributed by atoms with Crippen molar-refractivity contribution in [2.45, 2.75) is 25.4 Å². The molecule has 2 aromatic carbocycles. The Kier molecular flexibility index (Phi) is 4.58. The molecule has 0 bridgehead atoms. The van der Waals surface area contributed by atoms with Gasteiger partial charge in [0.25, 0.3) is 0 Å². The number of rotatable bonds is 4. The summed E-state index contributed by atoms with van der Waals surface area (Å²) >= 11 is 0. The first kappa shape index (κ1) is 17.8. The standard InChI is InChI=1S/C19H19NO6/c1-2-11-3-5-12(6-4-11)14-10-26-16-8-13(21)7-15(22)18(16)19(14,24)9-17(23)20-25/h3-8,10,21-22,24-25H,2,9H2,1H3,(H,20,23). The van der Waals surface area contributed by atoms with E-state index in [1.165, 1.54) is 17.8 Å². The van der Waals surface area contributed by atoms with E-state index >= 15 is 0 Å². The van der Waals surface area contributed by atoms with Gasteiger partial charge in [-0.25, -0.2) is 5.48 Å². The SMILES string of the molecule is CCc1ccc(C2=COc3cc(O)cc(O)c3C2(O)CC(=O)NO)cc1. The van der Waals surface area contributed by atoms with Gasteiger partial charge in [0.15, 0.2) is 0 Å². The van der Waals surface area contributed by atoms with E-state index in [0.717, 1.165) is 18.1 Å². The van der Waals surface area contributed by atoms with E-state index in [-0.39, 0.29) is 22.6 Å². The Labute approximate surface area is 149 Å². The maximum atomic E-state index is 11.8. The molecule has 1 amide bonds. The summed E-state index contributed by atoms with van der Waals surface area (Å²) in [6, 6.07) is 9.60. The zero-order chi connectivity index (χ0) is 18.9. The van der Waals surface area contributed by atoms with E-state index < -0.39 is 23.7 Å². The third-order valence-electron chi connectivity index (χ3n) is 4.44. The van der Waals surface area contributed by atoms with Crippen LogP contribution in [0.4, 0.5) is 0 Å². The molecular formula is C19H19NO6. The number of hydroxylamine groups is 1. The van der Waals surface area contributed by atoms with Crippen LogP contribution in [0.1, 0.15) is 30.0 Å². The molecule has 5 N–H and O–H groups in total. The molecule has 26 heavy (non-hydrogen) atoms. The molecule has 1 atom stereocenters. The fourth-order valence-electron chi connectivity index (χ4n) is 3.13. The van der Waals surface area contributed by atoms with Gasteiger partial charge < -0.3 is 20.1 Å². The number of hydrogen-bond acceptors (Lipinski definition) is 6. The lowest BCUT2D eigenvalue weighted by Gasteiger charge is -2.35. The van der Waals surface area contributed by atoms with Gasteiger partial charge in [-0.3, -0.25) is 10.0 Å². The molecule has 7 heteroatoms. The van der Waals surface area contributed by atoms with Crippen LogP contribution in [-0.2, 0) is 16.8 Å². The second-order valence-corrected chi connectivity index (χ2v) is 6.11. The number of aryl methyl sites for hydroxylation is 1. The van der Waals surface area contributed by atoms with Crippen LogP contribution in [0, 0.1) is 0 Å². The Morgan fingerprint density at radius 2 is 1.88 bits per heavy atom. The Bertz CT molecular complexity index is 874. The number of amides is 1. The highest BCUT2D eigenvalue weighted by Gasteiger charge is 2.44. The van der Waals surface area contributed by atoms with Crippen molar-refractivity contribution in [1.82, 2.24) is 5.48 Å². The summed E-state index contributed by atoms with van der Waals surface area (Å²) < 4.78 is 5.48. The van der Waals surface area contributed by atoms with Crippen molar-refractivity contribution in [3.63, 3.8) is 0 Å². The predicted molar refractivity (Wildman–Crippen MR) is 92.6 cm³/mol. The molecule has 3 rings (SSSR count). The van der Waals surface area contributed by atoms with Crippen LogP contribution in [0.15, 0.2) is 42.7 Å². The fraction of sp³-hybridized carbons (Fsp3) is 0.211. The Morgan fingerprint density at radius 1 is 1.19 bits per heavy atom. The van der Waals surface area contributed by atoms with E-state index in [1.54, 1.807) is 12.1 Å². The first-order chi connectivity index (χ1) is 12.4. The number of nitrogens with one attached hydrogen (secondary N) is 1. The quantitative estimate of drug-likeness (QED) is 0.423. The summed E-state index contributed by atoms with van der Waals surface area (Å²) in [5, 5.41) is 40.2. The Hall–Kier alpha value is -3.03. The number of aromatic hydroxyl groups is 2. The monoisotopic (exact) mass is 357 g/mol. The molecule has 1 aliphatic rings. The lowest BCUT2D eigenvalue weighted by atomic mass is 9.78. The zero-order valence-electron chi connectivity index (χ0n) is 14.1. The zero-order valence-corrected chi connectivity index (χ0v) is 14.1. The molecule has 0 aliphatic carbocycles. The highest BCUT2D eigenvalue weighted by molar-refractivity contribution is 5.85. The molecule has 0 saturated heterocycles. The number of carbonyl (C=O) groups excluding carboxylic acids is 1. The van der Waals surface area contributed by atoms with Crippen LogP contribution in [-0.4, -0.2) is 26.4 Å². The van der Waals surface area contributed by atoms with Crippen molar-refractivity contribution in [2.75, 3.05) is 0 Å². The second-order valence-electron chi connectivity index (χ2n) is 6.11. The molecule has 1 unspecified atom stereocenters. The largest absolute Gasteiger partial charge is 0.508 e. The average Bonchev–Trinajstić information content (AvgIpc) is 2.61. The van der Waals surface area contributed by atoms with Gasteiger partial charge in [0.2, 0.25) is 5.91 Å². The Morgan fingerprint density at radius 3 is 2.50 bits per heavy atom. The normalized spacial score (nSPS) is 18.5. The average molecular weight is 357 g/mol. The van der Waals surface area contributed by atoms with Gasteiger partial charge in [-0.1, -0.05) is 31.2 Å². The maximum absolute atomic E-state index is 11.8. The highest BCUT2D eigenvalue weighted by Crippen LogP contribution is 2.51. The van der Waals surface area contributed by atoms with Gasteiger partial charge >= 0.3 is 0 Å². The number of benzene rings is 2. The molecular weight excluding hydrogens is 338 g/mol. The topological polar surface area (TPSA) is 119 Å². The van der Waals surface area contributed by atoms with Crippen LogP contribution in [0.2, 0.25) is 0 Å². The number of phenols is 2.